The van der Waals surface area contributed by atoms with Crippen LogP contribution in [0.4, 0.5) is 4.79 Å². The van der Waals surface area contributed by atoms with Crippen LogP contribution >= 0.6 is 11.6 Å². The van der Waals surface area contributed by atoms with E-state index < -0.39 is 5.60 Å². The van der Waals surface area contributed by atoms with Crippen molar-refractivity contribution in [1.29, 1.82) is 0 Å². The molecule has 0 aliphatic carbocycles. The number of carbonyl (C=O) groups is 2. The number of nitrogens with zero attached hydrogens (tertiary/aromatic N) is 2. The number of hydrogen-bond acceptors (Lipinski definition) is 3. The first kappa shape index (κ1) is 19.3. The van der Waals surface area contributed by atoms with Crippen molar-refractivity contribution in [2.24, 2.45) is 0 Å². The predicted octanol–water partition coefficient (Wildman–Crippen LogP) is 3.82. The highest BCUT2D eigenvalue weighted by atomic mass is 35.5. The van der Waals surface area contributed by atoms with E-state index in [0.29, 0.717) is 31.2 Å². The van der Waals surface area contributed by atoms with Crippen molar-refractivity contribution in [1.82, 2.24) is 9.80 Å². The highest BCUT2D eigenvalue weighted by molar-refractivity contribution is 6.32. The number of hydrogen-bond donors (Lipinski definition) is 0. The van der Waals surface area contributed by atoms with E-state index >= 15 is 0 Å². The summed E-state index contributed by atoms with van der Waals surface area (Å²) in [5.41, 5.74) is 0.291. The summed E-state index contributed by atoms with van der Waals surface area (Å²) in [6, 6.07) is 7.37. The molecule has 2 amide bonds. The summed E-state index contributed by atoms with van der Waals surface area (Å²) in [7, 11) is 0. The second-order valence-electron chi connectivity index (χ2n) is 7.00. The Kier molecular flexibility index (Phi) is 6.48. The van der Waals surface area contributed by atoms with E-state index in [9.17, 15) is 9.59 Å². The van der Waals surface area contributed by atoms with Crippen molar-refractivity contribution >= 4 is 29.7 Å². The molecule has 1 heterocycles. The van der Waals surface area contributed by atoms with Crippen molar-refractivity contribution in [3.05, 3.63) is 40.9 Å². The fraction of sp³-hybridized carbons (Fsp3) is 0.474. The minimum absolute atomic E-state index is 0.0778. The highest BCUT2D eigenvalue weighted by Crippen LogP contribution is 2.17. The molecule has 0 spiro atoms. The molecule has 5 nitrogen and oxygen atoms in total. The van der Waals surface area contributed by atoms with Crippen molar-refractivity contribution in [3.63, 3.8) is 0 Å². The lowest BCUT2D eigenvalue weighted by molar-refractivity contribution is -0.125. The zero-order chi connectivity index (χ0) is 18.4. The lowest BCUT2D eigenvalue weighted by Gasteiger charge is -2.26. The van der Waals surface area contributed by atoms with Gasteiger partial charge in [0.1, 0.15) is 5.60 Å². The molecule has 1 aromatic rings. The summed E-state index contributed by atoms with van der Waals surface area (Å²) < 4.78 is 5.40. The fourth-order valence-electron chi connectivity index (χ4n) is 2.52. The maximum absolute atomic E-state index is 12.4. The Balaban J connectivity index is 1.93. The summed E-state index contributed by atoms with van der Waals surface area (Å²) in [6.45, 7) is 7.71. The first-order valence-electron chi connectivity index (χ1n) is 8.46. The molecule has 0 radical (unpaired) electrons. The molecule has 25 heavy (non-hydrogen) atoms. The van der Waals surface area contributed by atoms with Crippen LogP contribution in [0.2, 0.25) is 5.02 Å². The smallest absolute Gasteiger partial charge is 0.410 e. The molecule has 6 heteroatoms. The van der Waals surface area contributed by atoms with Crippen molar-refractivity contribution in [2.45, 2.75) is 32.8 Å². The highest BCUT2D eigenvalue weighted by Gasteiger charge is 2.25. The number of halogens is 1. The van der Waals surface area contributed by atoms with E-state index in [4.69, 9.17) is 16.3 Å². The SMILES string of the molecule is CC(C)(C)OC(=O)N1CCCN(C(=O)/C=C/c2ccccc2Cl)CC1. The quantitative estimate of drug-likeness (QED) is 0.749. The predicted molar refractivity (Wildman–Crippen MR) is 99.5 cm³/mol. The standard InChI is InChI=1S/C19H25ClN2O3/c1-19(2,3)25-18(24)22-12-6-11-21(13-14-22)17(23)10-9-15-7-4-5-8-16(15)20/h4-5,7-10H,6,11-14H2,1-3H3/b10-9+. The zero-order valence-electron chi connectivity index (χ0n) is 15.0. The minimum atomic E-state index is -0.517. The molecule has 1 aromatic carbocycles. The third-order valence-electron chi connectivity index (χ3n) is 3.77. The van der Waals surface area contributed by atoms with Crippen LogP contribution in [0.5, 0.6) is 0 Å². The minimum Gasteiger partial charge on any atom is -0.444 e. The van der Waals surface area contributed by atoms with Crippen LogP contribution in [-0.2, 0) is 9.53 Å². The molecular formula is C19H25ClN2O3. The third kappa shape index (κ3) is 6.09. The lowest BCUT2D eigenvalue weighted by Crippen LogP contribution is -2.39. The van der Waals surface area contributed by atoms with Gasteiger partial charge in [-0.1, -0.05) is 29.8 Å². The first-order valence-corrected chi connectivity index (χ1v) is 8.83. The number of rotatable bonds is 2. The van der Waals surface area contributed by atoms with Gasteiger partial charge in [0, 0.05) is 37.3 Å². The Bertz CT molecular complexity index is 652. The van der Waals surface area contributed by atoms with Gasteiger partial charge < -0.3 is 14.5 Å². The van der Waals surface area contributed by atoms with Gasteiger partial charge in [0.05, 0.1) is 0 Å². The van der Waals surface area contributed by atoms with Crippen LogP contribution < -0.4 is 0 Å². The average molecular weight is 365 g/mol. The number of ether oxygens (including phenoxy) is 1. The van der Waals surface area contributed by atoms with Crippen LogP contribution in [-0.4, -0.2) is 53.6 Å². The molecule has 1 aliphatic rings. The molecule has 0 saturated carbocycles. The maximum Gasteiger partial charge on any atom is 0.410 e. The van der Waals surface area contributed by atoms with Gasteiger partial charge in [0.25, 0.3) is 0 Å². The Hall–Kier alpha value is -2.01. The van der Waals surface area contributed by atoms with Crippen LogP contribution in [0, 0.1) is 0 Å². The van der Waals surface area contributed by atoms with E-state index in [1.807, 2.05) is 39.0 Å². The van der Waals surface area contributed by atoms with Gasteiger partial charge in [-0.25, -0.2) is 4.79 Å². The molecule has 0 bridgehead atoms. The Morgan fingerprint density at radius 1 is 1.08 bits per heavy atom. The van der Waals surface area contributed by atoms with Crippen LogP contribution in [0.1, 0.15) is 32.8 Å². The second kappa shape index (κ2) is 8.39. The van der Waals surface area contributed by atoms with E-state index in [0.717, 1.165) is 12.0 Å². The lowest BCUT2D eigenvalue weighted by atomic mass is 10.2. The Morgan fingerprint density at radius 2 is 1.72 bits per heavy atom. The summed E-state index contributed by atoms with van der Waals surface area (Å²) in [4.78, 5) is 28.0. The number of carbonyl (C=O) groups excluding carboxylic acids is 2. The van der Waals surface area contributed by atoms with Crippen molar-refractivity contribution in [3.8, 4) is 0 Å². The molecule has 1 aliphatic heterocycles. The van der Waals surface area contributed by atoms with Gasteiger partial charge in [-0.3, -0.25) is 4.79 Å². The molecule has 1 fully saturated rings. The van der Waals surface area contributed by atoms with E-state index in [1.54, 1.807) is 21.9 Å². The molecule has 0 aromatic heterocycles. The topological polar surface area (TPSA) is 49.9 Å². The normalized spacial score (nSPS) is 16.0. The van der Waals surface area contributed by atoms with Gasteiger partial charge in [-0.05, 0) is 44.9 Å². The monoisotopic (exact) mass is 364 g/mol. The summed E-state index contributed by atoms with van der Waals surface area (Å²) >= 11 is 6.09. The van der Waals surface area contributed by atoms with Gasteiger partial charge in [0.15, 0.2) is 0 Å². The zero-order valence-corrected chi connectivity index (χ0v) is 15.8. The molecule has 136 valence electrons. The van der Waals surface area contributed by atoms with E-state index in [-0.39, 0.29) is 12.0 Å². The molecule has 0 unspecified atom stereocenters. The van der Waals surface area contributed by atoms with Crippen molar-refractivity contribution < 1.29 is 14.3 Å². The molecule has 0 atom stereocenters. The van der Waals surface area contributed by atoms with Gasteiger partial charge in [-0.2, -0.15) is 0 Å². The first-order chi connectivity index (χ1) is 11.8. The Labute approximate surface area is 154 Å². The molecular weight excluding hydrogens is 340 g/mol. The molecule has 1 saturated heterocycles. The van der Waals surface area contributed by atoms with Crippen molar-refractivity contribution in [2.75, 3.05) is 26.2 Å². The van der Waals surface area contributed by atoms with Gasteiger partial charge >= 0.3 is 6.09 Å². The Morgan fingerprint density at radius 3 is 2.40 bits per heavy atom. The summed E-state index contributed by atoms with van der Waals surface area (Å²) in [6.07, 6.45) is 3.66. The molecule has 0 N–H and O–H groups in total. The van der Waals surface area contributed by atoms with Crippen LogP contribution in [0.25, 0.3) is 6.08 Å². The van der Waals surface area contributed by atoms with Crippen LogP contribution in [0.15, 0.2) is 30.3 Å². The maximum atomic E-state index is 12.4. The van der Waals surface area contributed by atoms with E-state index in [1.165, 1.54) is 6.08 Å². The number of amides is 2. The fourth-order valence-corrected chi connectivity index (χ4v) is 2.72. The summed E-state index contributed by atoms with van der Waals surface area (Å²) in [5, 5.41) is 0.610. The molecule has 2 rings (SSSR count). The van der Waals surface area contributed by atoms with Gasteiger partial charge in [-0.15, -0.1) is 0 Å². The summed E-state index contributed by atoms with van der Waals surface area (Å²) in [5.74, 6) is -0.0778. The third-order valence-corrected chi connectivity index (χ3v) is 4.11. The second-order valence-corrected chi connectivity index (χ2v) is 7.41. The number of benzene rings is 1. The largest absolute Gasteiger partial charge is 0.444 e. The van der Waals surface area contributed by atoms with Gasteiger partial charge in [0.2, 0.25) is 5.91 Å². The van der Waals surface area contributed by atoms with E-state index in [2.05, 4.69) is 0 Å². The average Bonchev–Trinajstić information content (AvgIpc) is 2.78. The van der Waals surface area contributed by atoms with Crippen LogP contribution in [0.3, 0.4) is 0 Å².